The van der Waals surface area contributed by atoms with Gasteiger partial charge in [-0.05, 0) is 39.7 Å². The first-order valence-corrected chi connectivity index (χ1v) is 8.31. The maximum absolute atomic E-state index is 12.7. The standard InChI is InChI=1S/C17H24N4O2/c1-10(2)21-16-13(9-18-21)12(8-11(3)19-16)17(23)20-14-6-4-5-7-15(14)22/h8-10,14-15,22H,4-7H2,1-3H3,(H,20,23)/t14-,15+/m0/s1. The molecule has 1 amide bonds. The highest BCUT2D eigenvalue weighted by atomic mass is 16.3. The summed E-state index contributed by atoms with van der Waals surface area (Å²) >= 11 is 0. The van der Waals surface area contributed by atoms with Crippen molar-refractivity contribution in [1.82, 2.24) is 20.1 Å². The van der Waals surface area contributed by atoms with Gasteiger partial charge in [-0.15, -0.1) is 0 Å². The molecule has 1 aliphatic carbocycles. The van der Waals surface area contributed by atoms with E-state index in [0.29, 0.717) is 5.56 Å². The minimum absolute atomic E-state index is 0.158. The number of carbonyl (C=O) groups excluding carboxylic acids is 1. The van der Waals surface area contributed by atoms with E-state index in [1.807, 2.05) is 25.5 Å². The second kappa shape index (κ2) is 6.28. The van der Waals surface area contributed by atoms with Crippen LogP contribution in [0.15, 0.2) is 12.3 Å². The van der Waals surface area contributed by atoms with Gasteiger partial charge >= 0.3 is 0 Å². The Balaban J connectivity index is 1.94. The summed E-state index contributed by atoms with van der Waals surface area (Å²) in [6.45, 7) is 5.95. The maximum Gasteiger partial charge on any atom is 0.252 e. The lowest BCUT2D eigenvalue weighted by atomic mass is 9.92. The Hall–Kier alpha value is -1.95. The topological polar surface area (TPSA) is 80.0 Å². The second-order valence-corrected chi connectivity index (χ2v) is 6.66. The highest BCUT2D eigenvalue weighted by molar-refractivity contribution is 6.05. The summed E-state index contributed by atoms with van der Waals surface area (Å²) in [7, 11) is 0. The monoisotopic (exact) mass is 316 g/mol. The Morgan fingerprint density at radius 2 is 2.13 bits per heavy atom. The molecule has 0 aliphatic heterocycles. The van der Waals surface area contributed by atoms with Gasteiger partial charge in [0, 0.05) is 11.7 Å². The summed E-state index contributed by atoms with van der Waals surface area (Å²) in [6.07, 6.45) is 4.88. The summed E-state index contributed by atoms with van der Waals surface area (Å²) in [5.74, 6) is -0.158. The zero-order chi connectivity index (χ0) is 16.6. The van der Waals surface area contributed by atoms with Crippen LogP contribution >= 0.6 is 0 Å². The SMILES string of the molecule is Cc1cc(C(=O)N[C@H]2CCCC[C@H]2O)c2cnn(C(C)C)c2n1. The molecule has 0 saturated heterocycles. The zero-order valence-corrected chi connectivity index (χ0v) is 13.9. The van der Waals surface area contributed by atoms with Crippen LogP contribution < -0.4 is 5.32 Å². The molecule has 1 saturated carbocycles. The van der Waals surface area contributed by atoms with Gasteiger partial charge < -0.3 is 10.4 Å². The van der Waals surface area contributed by atoms with E-state index in [-0.39, 0.29) is 18.0 Å². The minimum Gasteiger partial charge on any atom is -0.391 e. The lowest BCUT2D eigenvalue weighted by Gasteiger charge is -2.28. The predicted molar refractivity (Wildman–Crippen MR) is 88.4 cm³/mol. The van der Waals surface area contributed by atoms with Gasteiger partial charge in [0.25, 0.3) is 5.91 Å². The van der Waals surface area contributed by atoms with Crippen LogP contribution in [0.3, 0.4) is 0 Å². The summed E-state index contributed by atoms with van der Waals surface area (Å²) in [6, 6.07) is 1.80. The molecule has 124 valence electrons. The van der Waals surface area contributed by atoms with Gasteiger partial charge in [0.1, 0.15) is 0 Å². The van der Waals surface area contributed by atoms with Crippen LogP contribution in [-0.2, 0) is 0 Å². The fourth-order valence-corrected chi connectivity index (χ4v) is 3.23. The zero-order valence-electron chi connectivity index (χ0n) is 13.9. The van der Waals surface area contributed by atoms with Gasteiger partial charge in [-0.2, -0.15) is 5.10 Å². The molecule has 0 unspecified atom stereocenters. The molecule has 1 aliphatic rings. The van der Waals surface area contributed by atoms with Crippen molar-refractivity contribution in [3.05, 3.63) is 23.5 Å². The Morgan fingerprint density at radius 3 is 2.83 bits per heavy atom. The van der Waals surface area contributed by atoms with Gasteiger partial charge in [0.15, 0.2) is 5.65 Å². The molecule has 0 aromatic carbocycles. The van der Waals surface area contributed by atoms with Gasteiger partial charge in [0.05, 0.1) is 29.3 Å². The molecular weight excluding hydrogens is 292 g/mol. The number of nitrogens with one attached hydrogen (secondary N) is 1. The van der Waals surface area contributed by atoms with Gasteiger partial charge in [-0.25, -0.2) is 9.67 Å². The quantitative estimate of drug-likeness (QED) is 0.911. The molecule has 0 spiro atoms. The number of aliphatic hydroxyl groups is 1. The van der Waals surface area contributed by atoms with Crippen molar-refractivity contribution >= 4 is 16.9 Å². The largest absolute Gasteiger partial charge is 0.391 e. The fraction of sp³-hybridized carbons (Fsp3) is 0.588. The van der Waals surface area contributed by atoms with Crippen LogP contribution in [0.2, 0.25) is 0 Å². The second-order valence-electron chi connectivity index (χ2n) is 6.66. The molecule has 0 bridgehead atoms. The summed E-state index contributed by atoms with van der Waals surface area (Å²) in [5.41, 5.74) is 2.10. The Kier molecular flexibility index (Phi) is 4.35. The molecular formula is C17H24N4O2. The van der Waals surface area contributed by atoms with Crippen LogP contribution in [0.1, 0.15) is 61.6 Å². The van der Waals surface area contributed by atoms with Crippen molar-refractivity contribution in [3.8, 4) is 0 Å². The molecule has 2 N–H and O–H groups in total. The first-order chi connectivity index (χ1) is 11.0. The van der Waals surface area contributed by atoms with Crippen LogP contribution in [0.4, 0.5) is 0 Å². The number of rotatable bonds is 3. The lowest BCUT2D eigenvalue weighted by molar-refractivity contribution is 0.0718. The number of aliphatic hydroxyl groups excluding tert-OH is 1. The molecule has 1 fully saturated rings. The molecule has 6 nitrogen and oxygen atoms in total. The number of amides is 1. The number of fused-ring (bicyclic) bond motifs is 1. The van der Waals surface area contributed by atoms with E-state index >= 15 is 0 Å². The summed E-state index contributed by atoms with van der Waals surface area (Å²) in [4.78, 5) is 17.2. The summed E-state index contributed by atoms with van der Waals surface area (Å²) < 4.78 is 1.83. The molecule has 23 heavy (non-hydrogen) atoms. The van der Waals surface area contributed by atoms with Crippen LogP contribution in [0, 0.1) is 6.92 Å². The highest BCUT2D eigenvalue weighted by Gasteiger charge is 2.26. The lowest BCUT2D eigenvalue weighted by Crippen LogP contribution is -2.45. The Labute approximate surface area is 135 Å². The predicted octanol–water partition coefficient (Wildman–Crippen LogP) is 2.35. The van der Waals surface area contributed by atoms with Gasteiger partial charge in [-0.1, -0.05) is 12.8 Å². The molecule has 2 heterocycles. The average molecular weight is 316 g/mol. The van der Waals surface area contributed by atoms with E-state index < -0.39 is 6.10 Å². The van der Waals surface area contributed by atoms with E-state index in [0.717, 1.165) is 42.4 Å². The summed E-state index contributed by atoms with van der Waals surface area (Å²) in [5, 5.41) is 18.2. The van der Waals surface area contributed by atoms with Gasteiger partial charge in [-0.3, -0.25) is 4.79 Å². The highest BCUT2D eigenvalue weighted by Crippen LogP contribution is 2.23. The van der Waals surface area contributed by atoms with Crippen molar-refractivity contribution in [2.24, 2.45) is 0 Å². The third-order valence-corrected chi connectivity index (χ3v) is 4.47. The molecule has 2 atom stereocenters. The van der Waals surface area contributed by atoms with Crippen molar-refractivity contribution in [2.75, 3.05) is 0 Å². The van der Waals surface area contributed by atoms with Crippen LogP contribution in [0.25, 0.3) is 11.0 Å². The van der Waals surface area contributed by atoms with E-state index in [2.05, 4.69) is 15.4 Å². The Bertz CT molecular complexity index is 723. The average Bonchev–Trinajstić information content (AvgIpc) is 2.92. The van der Waals surface area contributed by atoms with E-state index in [9.17, 15) is 9.90 Å². The number of carbonyl (C=O) groups is 1. The first-order valence-electron chi connectivity index (χ1n) is 8.31. The normalized spacial score (nSPS) is 21.8. The van der Waals surface area contributed by atoms with Crippen molar-refractivity contribution < 1.29 is 9.90 Å². The number of hydrogen-bond donors (Lipinski definition) is 2. The van der Waals surface area contributed by atoms with Crippen molar-refractivity contribution in [2.45, 2.75) is 64.6 Å². The van der Waals surface area contributed by atoms with Crippen molar-refractivity contribution in [1.29, 1.82) is 0 Å². The smallest absolute Gasteiger partial charge is 0.252 e. The van der Waals surface area contributed by atoms with Crippen LogP contribution in [-0.4, -0.2) is 37.9 Å². The van der Waals surface area contributed by atoms with E-state index in [1.54, 1.807) is 12.3 Å². The molecule has 2 aromatic rings. The molecule has 2 aromatic heterocycles. The van der Waals surface area contributed by atoms with Crippen molar-refractivity contribution in [3.63, 3.8) is 0 Å². The molecule has 3 rings (SSSR count). The number of aryl methyl sites for hydroxylation is 1. The number of pyridine rings is 1. The Morgan fingerprint density at radius 1 is 1.39 bits per heavy atom. The van der Waals surface area contributed by atoms with E-state index in [1.165, 1.54) is 0 Å². The van der Waals surface area contributed by atoms with E-state index in [4.69, 9.17) is 0 Å². The fourth-order valence-electron chi connectivity index (χ4n) is 3.23. The minimum atomic E-state index is -0.454. The number of nitrogens with zero attached hydrogens (tertiary/aromatic N) is 3. The number of aromatic nitrogens is 3. The van der Waals surface area contributed by atoms with Gasteiger partial charge in [0.2, 0.25) is 0 Å². The van der Waals surface area contributed by atoms with Crippen LogP contribution in [0.5, 0.6) is 0 Å². The third-order valence-electron chi connectivity index (χ3n) is 4.47. The molecule has 6 heteroatoms. The number of hydrogen-bond acceptors (Lipinski definition) is 4. The first kappa shape index (κ1) is 15.9. The third kappa shape index (κ3) is 3.08. The maximum atomic E-state index is 12.7. The molecule has 0 radical (unpaired) electrons.